The lowest BCUT2D eigenvalue weighted by atomic mass is 10.1. The van der Waals surface area contributed by atoms with E-state index in [9.17, 15) is 4.39 Å². The van der Waals surface area contributed by atoms with E-state index in [1.54, 1.807) is 6.20 Å². The predicted molar refractivity (Wildman–Crippen MR) is 116 cm³/mol. The molecule has 1 fully saturated rings. The van der Waals surface area contributed by atoms with Crippen LogP contribution in [0.25, 0.3) is 5.65 Å². The zero-order valence-corrected chi connectivity index (χ0v) is 17.2. The highest BCUT2D eigenvalue weighted by atomic mass is 19.1. The van der Waals surface area contributed by atoms with Crippen molar-refractivity contribution in [2.24, 2.45) is 0 Å². The van der Waals surface area contributed by atoms with Crippen molar-refractivity contribution in [3.05, 3.63) is 78.8 Å². The van der Waals surface area contributed by atoms with Crippen LogP contribution in [0, 0.1) is 5.82 Å². The minimum atomic E-state index is -0.202. The molecule has 1 saturated heterocycles. The molecule has 158 valence electrons. The van der Waals surface area contributed by atoms with Gasteiger partial charge in [-0.25, -0.2) is 19.3 Å². The molecular weight excluding hydrogens is 395 g/mol. The Bertz CT molecular complexity index is 1170. The molecule has 1 aliphatic heterocycles. The molecule has 0 aliphatic carbocycles. The third-order valence-electron chi connectivity index (χ3n) is 5.76. The summed E-state index contributed by atoms with van der Waals surface area (Å²) in [5.41, 5.74) is 1.87. The molecule has 0 unspecified atom stereocenters. The Hall–Kier alpha value is -3.52. The second-order valence-corrected chi connectivity index (χ2v) is 7.60. The van der Waals surface area contributed by atoms with Gasteiger partial charge < -0.3 is 14.0 Å². The monoisotopic (exact) mass is 418 g/mol. The average Bonchev–Trinajstić information content (AvgIpc) is 3.30. The lowest BCUT2D eigenvalue weighted by molar-refractivity contribution is 0.198. The van der Waals surface area contributed by atoms with Crippen LogP contribution in [0.4, 0.5) is 10.2 Å². The van der Waals surface area contributed by atoms with Gasteiger partial charge in [-0.05, 0) is 36.8 Å². The Morgan fingerprint density at radius 3 is 2.58 bits per heavy atom. The topological polar surface area (TPSA) is 58.8 Å². The average molecular weight is 418 g/mol. The summed E-state index contributed by atoms with van der Waals surface area (Å²) in [5.74, 6) is 1.78. The molecule has 1 aliphatic rings. The van der Waals surface area contributed by atoms with Crippen molar-refractivity contribution in [3.8, 4) is 11.6 Å². The highest BCUT2D eigenvalue weighted by Crippen LogP contribution is 2.27. The van der Waals surface area contributed by atoms with Gasteiger partial charge in [0.05, 0.1) is 0 Å². The number of rotatable bonds is 5. The lowest BCUT2D eigenvalue weighted by Crippen LogP contribution is -2.47. The fraction of sp³-hybridized carbons (Fsp3) is 0.261. The molecule has 7 nitrogen and oxygen atoms in total. The van der Waals surface area contributed by atoms with E-state index in [0.717, 1.165) is 43.2 Å². The van der Waals surface area contributed by atoms with Gasteiger partial charge in [0.1, 0.15) is 18.0 Å². The van der Waals surface area contributed by atoms with E-state index in [1.165, 1.54) is 18.5 Å². The van der Waals surface area contributed by atoms with Crippen molar-refractivity contribution in [1.29, 1.82) is 0 Å². The first-order valence-electron chi connectivity index (χ1n) is 10.3. The Morgan fingerprint density at radius 1 is 0.968 bits per heavy atom. The number of ether oxygens (including phenoxy) is 1. The maximum absolute atomic E-state index is 13.2. The number of piperazine rings is 1. The molecule has 0 spiro atoms. The van der Waals surface area contributed by atoms with Crippen LogP contribution >= 0.6 is 0 Å². The first-order valence-corrected chi connectivity index (χ1v) is 10.3. The van der Waals surface area contributed by atoms with Gasteiger partial charge in [-0.3, -0.25) is 4.90 Å². The quantitative estimate of drug-likeness (QED) is 0.489. The van der Waals surface area contributed by atoms with E-state index >= 15 is 0 Å². The maximum Gasteiger partial charge on any atom is 0.224 e. The Balaban J connectivity index is 1.26. The van der Waals surface area contributed by atoms with Crippen LogP contribution in [0.2, 0.25) is 0 Å². The minimum Gasteiger partial charge on any atom is -0.435 e. The van der Waals surface area contributed by atoms with Crippen LogP contribution < -0.4 is 9.64 Å². The zero-order valence-electron chi connectivity index (χ0n) is 17.2. The number of hydrogen-bond acceptors (Lipinski definition) is 6. The largest absolute Gasteiger partial charge is 0.435 e. The van der Waals surface area contributed by atoms with E-state index in [0.29, 0.717) is 11.6 Å². The minimum absolute atomic E-state index is 0.202. The smallest absolute Gasteiger partial charge is 0.224 e. The molecule has 31 heavy (non-hydrogen) atoms. The molecule has 0 bridgehead atoms. The van der Waals surface area contributed by atoms with E-state index < -0.39 is 0 Å². The third-order valence-corrected chi connectivity index (χ3v) is 5.76. The molecule has 1 atom stereocenters. The standard InChI is InChI=1S/C23H23FN6O/c1-17(18-4-6-19(24)7-5-18)28-11-13-29(14-12-28)21-15-22(27-16-26-21)31-20-3-2-9-30-10-8-25-23(20)30/h2-10,15-17H,11-14H2,1H3/t17-/m0/s1. The molecule has 4 heterocycles. The SMILES string of the molecule is C[C@@H](c1ccc(F)cc1)N1CCN(c2cc(Oc3cccn4ccnc34)ncn2)CC1. The summed E-state index contributed by atoms with van der Waals surface area (Å²) >= 11 is 0. The highest BCUT2D eigenvalue weighted by Gasteiger charge is 2.23. The Labute approximate surface area is 179 Å². The van der Waals surface area contributed by atoms with Crippen molar-refractivity contribution >= 4 is 11.5 Å². The van der Waals surface area contributed by atoms with Crippen LogP contribution in [-0.4, -0.2) is 50.4 Å². The third kappa shape index (κ3) is 4.06. The summed E-state index contributed by atoms with van der Waals surface area (Å²) in [7, 11) is 0. The number of nitrogens with zero attached hydrogens (tertiary/aromatic N) is 6. The van der Waals surface area contributed by atoms with Gasteiger partial charge >= 0.3 is 0 Å². The molecule has 0 N–H and O–H groups in total. The van der Waals surface area contributed by atoms with E-state index in [-0.39, 0.29) is 11.9 Å². The van der Waals surface area contributed by atoms with Crippen LogP contribution in [0.15, 0.2) is 67.4 Å². The van der Waals surface area contributed by atoms with Crippen molar-refractivity contribution in [1.82, 2.24) is 24.3 Å². The molecular formula is C23H23FN6O. The van der Waals surface area contributed by atoms with Gasteiger partial charge in [0.2, 0.25) is 5.88 Å². The number of fused-ring (bicyclic) bond motifs is 1. The number of imidazole rings is 1. The number of hydrogen-bond donors (Lipinski definition) is 0. The summed E-state index contributed by atoms with van der Waals surface area (Å²) in [6, 6.07) is 12.7. The molecule has 5 rings (SSSR count). The molecule has 8 heteroatoms. The van der Waals surface area contributed by atoms with E-state index in [1.807, 2.05) is 47.1 Å². The van der Waals surface area contributed by atoms with Crippen molar-refractivity contribution in [3.63, 3.8) is 0 Å². The number of benzene rings is 1. The molecule has 0 radical (unpaired) electrons. The highest BCUT2D eigenvalue weighted by molar-refractivity contribution is 5.55. The van der Waals surface area contributed by atoms with Crippen LogP contribution in [0.3, 0.4) is 0 Å². The number of halogens is 1. The zero-order chi connectivity index (χ0) is 21.2. The van der Waals surface area contributed by atoms with Crippen molar-refractivity contribution in [2.45, 2.75) is 13.0 Å². The number of anilines is 1. The van der Waals surface area contributed by atoms with Crippen LogP contribution in [0.1, 0.15) is 18.5 Å². The van der Waals surface area contributed by atoms with Crippen molar-refractivity contribution < 1.29 is 9.13 Å². The normalized spacial score (nSPS) is 15.9. The predicted octanol–water partition coefficient (Wildman–Crippen LogP) is 3.94. The fourth-order valence-electron chi connectivity index (χ4n) is 3.96. The number of pyridine rings is 1. The summed E-state index contributed by atoms with van der Waals surface area (Å²) in [6.07, 6.45) is 7.07. The Kier molecular flexibility index (Phi) is 5.21. The first kappa shape index (κ1) is 19.4. The molecule has 1 aromatic carbocycles. The second-order valence-electron chi connectivity index (χ2n) is 7.60. The van der Waals surface area contributed by atoms with Gasteiger partial charge in [0, 0.05) is 56.9 Å². The van der Waals surface area contributed by atoms with Gasteiger partial charge in [-0.1, -0.05) is 12.1 Å². The molecule has 0 saturated carbocycles. The van der Waals surface area contributed by atoms with Gasteiger partial charge in [-0.15, -0.1) is 0 Å². The van der Waals surface area contributed by atoms with Gasteiger partial charge in [0.25, 0.3) is 0 Å². The summed E-state index contributed by atoms with van der Waals surface area (Å²) in [5, 5.41) is 0. The van der Waals surface area contributed by atoms with Gasteiger partial charge in [0.15, 0.2) is 11.4 Å². The van der Waals surface area contributed by atoms with Crippen LogP contribution in [0.5, 0.6) is 11.6 Å². The van der Waals surface area contributed by atoms with Crippen LogP contribution in [-0.2, 0) is 0 Å². The van der Waals surface area contributed by atoms with E-state index in [4.69, 9.17) is 4.74 Å². The molecule has 0 amide bonds. The first-order chi connectivity index (χ1) is 15.2. The summed E-state index contributed by atoms with van der Waals surface area (Å²) in [6.45, 7) is 5.64. The lowest BCUT2D eigenvalue weighted by Gasteiger charge is -2.38. The summed E-state index contributed by atoms with van der Waals surface area (Å²) in [4.78, 5) is 17.7. The summed E-state index contributed by atoms with van der Waals surface area (Å²) < 4.78 is 21.1. The molecule has 4 aromatic rings. The van der Waals surface area contributed by atoms with Crippen molar-refractivity contribution in [2.75, 3.05) is 31.1 Å². The maximum atomic E-state index is 13.2. The second kappa shape index (κ2) is 8.31. The fourth-order valence-corrected chi connectivity index (χ4v) is 3.96. The van der Waals surface area contributed by atoms with Gasteiger partial charge in [-0.2, -0.15) is 0 Å². The Morgan fingerprint density at radius 2 is 1.77 bits per heavy atom. The number of aromatic nitrogens is 4. The molecule has 3 aromatic heterocycles. The van der Waals surface area contributed by atoms with E-state index in [2.05, 4.69) is 31.7 Å².